The second-order valence-electron chi connectivity index (χ2n) is 3.92. The number of hydrogen-bond acceptors (Lipinski definition) is 3. The average Bonchev–Trinajstić information content (AvgIpc) is 2.61. The first-order valence-electron chi connectivity index (χ1n) is 5.47. The average molecular weight is 212 g/mol. The van der Waals surface area contributed by atoms with E-state index in [2.05, 4.69) is 4.98 Å². The first-order valence-corrected chi connectivity index (χ1v) is 5.47. The molecule has 15 heavy (non-hydrogen) atoms. The Hall–Kier alpha value is -0.870. The Morgan fingerprint density at radius 1 is 1.33 bits per heavy atom. The SMILES string of the molecule is CCCC(O)C(O)CCc1nccn1C. The van der Waals surface area contributed by atoms with Crippen LogP contribution in [0.1, 0.15) is 32.0 Å². The molecule has 0 aliphatic heterocycles. The molecular formula is C11H20N2O2. The van der Waals surface area contributed by atoms with Gasteiger partial charge >= 0.3 is 0 Å². The first kappa shape index (κ1) is 12.2. The van der Waals surface area contributed by atoms with Crippen molar-refractivity contribution in [2.24, 2.45) is 7.05 Å². The molecule has 2 unspecified atom stereocenters. The maximum absolute atomic E-state index is 9.65. The molecule has 0 bridgehead atoms. The van der Waals surface area contributed by atoms with Crippen molar-refractivity contribution in [3.05, 3.63) is 18.2 Å². The van der Waals surface area contributed by atoms with Crippen LogP contribution in [0.3, 0.4) is 0 Å². The number of hydrogen-bond donors (Lipinski definition) is 2. The summed E-state index contributed by atoms with van der Waals surface area (Å²) in [5, 5.41) is 19.2. The van der Waals surface area contributed by atoms with Crippen LogP contribution in [-0.4, -0.2) is 32.0 Å². The van der Waals surface area contributed by atoms with Crippen LogP contribution in [-0.2, 0) is 13.5 Å². The molecule has 1 aromatic heterocycles. The van der Waals surface area contributed by atoms with Gasteiger partial charge in [-0.2, -0.15) is 0 Å². The molecule has 0 spiro atoms. The molecule has 2 N–H and O–H groups in total. The Morgan fingerprint density at radius 3 is 2.53 bits per heavy atom. The van der Waals surface area contributed by atoms with E-state index in [1.54, 1.807) is 6.20 Å². The van der Waals surface area contributed by atoms with Gasteiger partial charge in [0.05, 0.1) is 12.2 Å². The third-order valence-electron chi connectivity index (χ3n) is 2.61. The first-order chi connectivity index (χ1) is 7.15. The summed E-state index contributed by atoms with van der Waals surface area (Å²) in [5.74, 6) is 0.942. The highest BCUT2D eigenvalue weighted by Gasteiger charge is 2.15. The lowest BCUT2D eigenvalue weighted by Gasteiger charge is -2.16. The standard InChI is InChI=1S/C11H20N2O2/c1-3-4-9(14)10(15)5-6-11-12-7-8-13(11)2/h7-10,14-15H,3-6H2,1-2H3. The van der Waals surface area contributed by atoms with Crippen molar-refractivity contribution in [2.45, 2.75) is 44.8 Å². The summed E-state index contributed by atoms with van der Waals surface area (Å²) in [7, 11) is 1.93. The van der Waals surface area contributed by atoms with E-state index in [1.165, 1.54) is 0 Å². The molecule has 86 valence electrons. The zero-order chi connectivity index (χ0) is 11.3. The minimum Gasteiger partial charge on any atom is -0.390 e. The van der Waals surface area contributed by atoms with Crippen LogP contribution in [0.4, 0.5) is 0 Å². The number of nitrogens with zero attached hydrogens (tertiary/aromatic N) is 2. The van der Waals surface area contributed by atoms with Gasteiger partial charge in [0.25, 0.3) is 0 Å². The molecule has 0 saturated carbocycles. The largest absolute Gasteiger partial charge is 0.390 e. The highest BCUT2D eigenvalue weighted by atomic mass is 16.3. The van der Waals surface area contributed by atoms with Gasteiger partial charge < -0.3 is 14.8 Å². The number of aliphatic hydroxyl groups is 2. The predicted octanol–water partition coefficient (Wildman–Crippen LogP) is 0.875. The molecule has 0 aliphatic carbocycles. The molecule has 0 radical (unpaired) electrons. The molecule has 4 nitrogen and oxygen atoms in total. The Morgan fingerprint density at radius 2 is 2.00 bits per heavy atom. The smallest absolute Gasteiger partial charge is 0.108 e. The van der Waals surface area contributed by atoms with E-state index in [9.17, 15) is 10.2 Å². The number of aryl methyl sites for hydroxylation is 2. The van der Waals surface area contributed by atoms with E-state index < -0.39 is 12.2 Å². The van der Waals surface area contributed by atoms with Gasteiger partial charge in [0.1, 0.15) is 5.82 Å². The van der Waals surface area contributed by atoms with Crippen LogP contribution >= 0.6 is 0 Å². The van der Waals surface area contributed by atoms with E-state index in [4.69, 9.17) is 0 Å². The van der Waals surface area contributed by atoms with E-state index >= 15 is 0 Å². The van der Waals surface area contributed by atoms with Crippen molar-refractivity contribution in [2.75, 3.05) is 0 Å². The minimum absolute atomic E-state index is 0.562. The molecule has 0 fully saturated rings. The van der Waals surface area contributed by atoms with Crippen LogP contribution in [0.25, 0.3) is 0 Å². The predicted molar refractivity (Wildman–Crippen MR) is 58.5 cm³/mol. The minimum atomic E-state index is -0.637. The molecule has 1 heterocycles. The molecular weight excluding hydrogens is 192 g/mol. The lowest BCUT2D eigenvalue weighted by Crippen LogP contribution is -2.26. The summed E-state index contributed by atoms with van der Waals surface area (Å²) >= 11 is 0. The quantitative estimate of drug-likeness (QED) is 0.735. The lowest BCUT2D eigenvalue weighted by atomic mass is 10.0. The van der Waals surface area contributed by atoms with Gasteiger partial charge in [-0.15, -0.1) is 0 Å². The summed E-state index contributed by atoms with van der Waals surface area (Å²) < 4.78 is 1.93. The van der Waals surface area contributed by atoms with Crippen molar-refractivity contribution < 1.29 is 10.2 Å². The summed E-state index contributed by atoms with van der Waals surface area (Å²) in [6.45, 7) is 1.99. The third-order valence-corrected chi connectivity index (χ3v) is 2.61. The Bertz CT molecular complexity index is 286. The van der Waals surface area contributed by atoms with E-state index in [0.717, 1.165) is 12.2 Å². The zero-order valence-corrected chi connectivity index (χ0v) is 9.43. The number of aromatic nitrogens is 2. The van der Waals surface area contributed by atoms with Crippen molar-refractivity contribution in [3.63, 3.8) is 0 Å². The maximum atomic E-state index is 9.65. The van der Waals surface area contributed by atoms with Crippen molar-refractivity contribution in [1.29, 1.82) is 0 Å². The normalized spacial score (nSPS) is 15.2. The zero-order valence-electron chi connectivity index (χ0n) is 9.43. The van der Waals surface area contributed by atoms with Gasteiger partial charge in [-0.3, -0.25) is 0 Å². The van der Waals surface area contributed by atoms with Crippen LogP contribution in [0.15, 0.2) is 12.4 Å². The van der Waals surface area contributed by atoms with Crippen LogP contribution in [0.2, 0.25) is 0 Å². The molecule has 0 aromatic carbocycles. The number of imidazole rings is 1. The van der Waals surface area contributed by atoms with Gasteiger partial charge in [0.15, 0.2) is 0 Å². The second-order valence-corrected chi connectivity index (χ2v) is 3.92. The molecule has 4 heteroatoms. The Labute approximate surface area is 90.6 Å². The Balaban J connectivity index is 2.34. The lowest BCUT2D eigenvalue weighted by molar-refractivity contribution is 0.00946. The Kier molecular flexibility index (Phi) is 4.78. The fraction of sp³-hybridized carbons (Fsp3) is 0.727. The summed E-state index contributed by atoms with van der Waals surface area (Å²) in [6, 6.07) is 0. The highest BCUT2D eigenvalue weighted by molar-refractivity contribution is 4.91. The van der Waals surface area contributed by atoms with Crippen molar-refractivity contribution >= 4 is 0 Å². The number of rotatable bonds is 6. The van der Waals surface area contributed by atoms with Gasteiger partial charge in [0.2, 0.25) is 0 Å². The third kappa shape index (κ3) is 3.64. The van der Waals surface area contributed by atoms with Crippen LogP contribution < -0.4 is 0 Å². The van der Waals surface area contributed by atoms with Gasteiger partial charge in [-0.05, 0) is 12.8 Å². The van der Waals surface area contributed by atoms with Gasteiger partial charge in [0, 0.05) is 25.9 Å². The topological polar surface area (TPSA) is 58.3 Å². The number of aliphatic hydroxyl groups excluding tert-OH is 2. The summed E-state index contributed by atoms with van der Waals surface area (Å²) in [4.78, 5) is 4.16. The molecule has 0 amide bonds. The second kappa shape index (κ2) is 5.88. The fourth-order valence-electron chi connectivity index (χ4n) is 1.59. The van der Waals surface area contributed by atoms with E-state index in [1.807, 2.05) is 24.7 Å². The van der Waals surface area contributed by atoms with Crippen molar-refractivity contribution in [1.82, 2.24) is 9.55 Å². The summed E-state index contributed by atoms with van der Waals surface area (Å²) in [5.41, 5.74) is 0. The maximum Gasteiger partial charge on any atom is 0.108 e. The van der Waals surface area contributed by atoms with E-state index in [0.29, 0.717) is 19.3 Å². The van der Waals surface area contributed by atoms with E-state index in [-0.39, 0.29) is 0 Å². The highest BCUT2D eigenvalue weighted by Crippen LogP contribution is 2.09. The molecule has 0 aliphatic rings. The van der Waals surface area contributed by atoms with Crippen LogP contribution in [0, 0.1) is 0 Å². The fourth-order valence-corrected chi connectivity index (χ4v) is 1.59. The summed E-state index contributed by atoms with van der Waals surface area (Å²) in [6.07, 6.45) is 5.19. The molecule has 1 rings (SSSR count). The molecule has 2 atom stereocenters. The molecule has 0 saturated heterocycles. The van der Waals surface area contributed by atoms with Crippen LogP contribution in [0.5, 0.6) is 0 Å². The van der Waals surface area contributed by atoms with Gasteiger partial charge in [-0.25, -0.2) is 4.98 Å². The monoisotopic (exact) mass is 212 g/mol. The molecule has 1 aromatic rings. The van der Waals surface area contributed by atoms with Crippen molar-refractivity contribution in [3.8, 4) is 0 Å². The van der Waals surface area contributed by atoms with Gasteiger partial charge in [-0.1, -0.05) is 13.3 Å².